The van der Waals surface area contributed by atoms with E-state index in [0.29, 0.717) is 19.6 Å². The molecule has 0 unspecified atom stereocenters. The fourth-order valence-electron chi connectivity index (χ4n) is 4.23. The maximum absolute atomic E-state index is 13.2. The molecule has 7 nitrogen and oxygen atoms in total. The highest BCUT2D eigenvalue weighted by atomic mass is 79.9. The Morgan fingerprint density at radius 2 is 1.93 bits per heavy atom. The lowest BCUT2D eigenvalue weighted by Gasteiger charge is -2.56. The van der Waals surface area contributed by atoms with Crippen molar-refractivity contribution in [2.75, 3.05) is 26.2 Å². The molecule has 0 radical (unpaired) electrons. The van der Waals surface area contributed by atoms with Gasteiger partial charge in [0.1, 0.15) is 0 Å². The van der Waals surface area contributed by atoms with E-state index in [1.54, 1.807) is 13.2 Å². The van der Waals surface area contributed by atoms with Gasteiger partial charge in [0.15, 0.2) is 0 Å². The van der Waals surface area contributed by atoms with Crippen molar-refractivity contribution < 1.29 is 13.5 Å². The van der Waals surface area contributed by atoms with Crippen LogP contribution in [0.25, 0.3) is 0 Å². The predicted molar refractivity (Wildman–Crippen MR) is 109 cm³/mol. The summed E-state index contributed by atoms with van der Waals surface area (Å²) in [6, 6.07) is 8.03. The number of rotatable bonds is 4. The van der Waals surface area contributed by atoms with Crippen LogP contribution in [-0.2, 0) is 17.1 Å². The topological polar surface area (TPSA) is 78.7 Å². The van der Waals surface area contributed by atoms with Crippen molar-refractivity contribution in [3.8, 4) is 0 Å². The first-order valence-electron chi connectivity index (χ1n) is 9.18. The molecule has 0 amide bonds. The Kier molecular flexibility index (Phi) is 5.45. The average molecular weight is 467 g/mol. The number of hydrogen-bond donors (Lipinski definition) is 1. The maximum Gasteiger partial charge on any atom is 0.277 e. The van der Waals surface area contributed by atoms with Gasteiger partial charge in [-0.25, -0.2) is 13.4 Å². The summed E-state index contributed by atoms with van der Waals surface area (Å²) in [5.41, 5.74) is 1.11. The molecule has 2 aromatic rings. The van der Waals surface area contributed by atoms with Crippen molar-refractivity contribution >= 4 is 26.0 Å². The van der Waals surface area contributed by atoms with Crippen LogP contribution in [0.4, 0.5) is 0 Å². The monoisotopic (exact) mass is 466 g/mol. The fraction of sp³-hybridized carbons (Fsp3) is 0.421. The molecule has 0 saturated carbocycles. The lowest BCUT2D eigenvalue weighted by Crippen LogP contribution is -2.67. The second-order valence-electron chi connectivity index (χ2n) is 7.21. The third kappa shape index (κ3) is 3.35. The van der Waals surface area contributed by atoms with E-state index in [1.807, 2.05) is 36.4 Å². The van der Waals surface area contributed by atoms with E-state index < -0.39 is 10.0 Å². The Balaban J connectivity index is 1.67. The minimum Gasteiger partial charge on any atom is -0.395 e. The van der Waals surface area contributed by atoms with Crippen molar-refractivity contribution in [1.29, 1.82) is 0 Å². The zero-order valence-electron chi connectivity index (χ0n) is 15.5. The molecule has 1 aromatic heterocycles. The minimum absolute atomic E-state index is 0.00156. The average Bonchev–Trinajstić information content (AvgIpc) is 3.08. The van der Waals surface area contributed by atoms with Crippen LogP contribution in [0.2, 0.25) is 0 Å². The number of hydrogen-bond acceptors (Lipinski definition) is 5. The van der Waals surface area contributed by atoms with Gasteiger partial charge in [-0.05, 0) is 17.7 Å². The molecule has 28 heavy (non-hydrogen) atoms. The molecule has 1 saturated heterocycles. The summed E-state index contributed by atoms with van der Waals surface area (Å²) in [6.45, 7) is 1.42. The van der Waals surface area contributed by atoms with Crippen LogP contribution in [0, 0.1) is 0 Å². The van der Waals surface area contributed by atoms with Gasteiger partial charge in [0.05, 0.1) is 6.61 Å². The predicted octanol–water partition coefficient (Wildman–Crippen LogP) is 1.57. The molecule has 2 aliphatic rings. The second kappa shape index (κ2) is 7.72. The molecule has 9 heteroatoms. The van der Waals surface area contributed by atoms with Gasteiger partial charge in [0.2, 0.25) is 5.16 Å². The lowest BCUT2D eigenvalue weighted by molar-refractivity contribution is -0.0415. The van der Waals surface area contributed by atoms with Gasteiger partial charge in [0, 0.05) is 61.5 Å². The van der Waals surface area contributed by atoms with Crippen molar-refractivity contribution in [2.45, 2.75) is 23.2 Å². The van der Waals surface area contributed by atoms with Gasteiger partial charge < -0.3 is 9.67 Å². The van der Waals surface area contributed by atoms with Crippen LogP contribution >= 0.6 is 15.9 Å². The number of sulfonamides is 1. The highest BCUT2D eigenvalue weighted by Crippen LogP contribution is 2.42. The van der Waals surface area contributed by atoms with Crippen LogP contribution in [0.5, 0.6) is 0 Å². The molecule has 0 spiro atoms. The van der Waals surface area contributed by atoms with Crippen molar-refractivity contribution in [3.05, 3.63) is 58.8 Å². The van der Waals surface area contributed by atoms with Crippen LogP contribution in [0.15, 0.2) is 58.4 Å². The molecule has 1 fully saturated rings. The van der Waals surface area contributed by atoms with E-state index in [4.69, 9.17) is 0 Å². The van der Waals surface area contributed by atoms with E-state index in [2.05, 4.69) is 25.8 Å². The van der Waals surface area contributed by atoms with Gasteiger partial charge >= 0.3 is 0 Å². The number of imidazole rings is 1. The number of benzene rings is 1. The van der Waals surface area contributed by atoms with E-state index in [0.717, 1.165) is 10.0 Å². The molecule has 0 aliphatic carbocycles. The largest absolute Gasteiger partial charge is 0.395 e. The standard InChI is InChI=1S/C19H23BrN4O3S/c1-22-11-8-21-19(22)28(26,27)23-9-2-3-10-24-16(12-23)18(17(24)13-25)14-4-6-15(20)7-5-14/h2-8,11,16-18,25H,9-10,12-13H2,1H3/b3-2-/t16-,17+,18-/m0/s1. The molecule has 3 atom stereocenters. The molecule has 2 aliphatic heterocycles. The molecule has 3 heterocycles. The number of aromatic nitrogens is 2. The summed E-state index contributed by atoms with van der Waals surface area (Å²) in [5.74, 6) is 0.0728. The zero-order chi connectivity index (χ0) is 19.9. The third-order valence-corrected chi connectivity index (χ3v) is 8.01. The Morgan fingerprint density at radius 1 is 1.21 bits per heavy atom. The lowest BCUT2D eigenvalue weighted by atomic mass is 9.75. The number of nitrogens with zero attached hydrogens (tertiary/aromatic N) is 4. The van der Waals surface area contributed by atoms with Gasteiger partial charge in [0.25, 0.3) is 10.0 Å². The summed E-state index contributed by atoms with van der Waals surface area (Å²) in [5, 5.41) is 10.0. The zero-order valence-corrected chi connectivity index (χ0v) is 17.9. The summed E-state index contributed by atoms with van der Waals surface area (Å²) < 4.78 is 30.4. The highest BCUT2D eigenvalue weighted by molar-refractivity contribution is 9.10. The number of aliphatic hydroxyl groups is 1. The summed E-state index contributed by atoms with van der Waals surface area (Å²) >= 11 is 3.46. The third-order valence-electron chi connectivity index (χ3n) is 5.65. The van der Waals surface area contributed by atoms with Crippen LogP contribution < -0.4 is 0 Å². The molecular weight excluding hydrogens is 444 g/mol. The first-order chi connectivity index (χ1) is 13.4. The van der Waals surface area contributed by atoms with Crippen LogP contribution in [0.3, 0.4) is 0 Å². The van der Waals surface area contributed by atoms with Crippen molar-refractivity contribution in [1.82, 2.24) is 18.8 Å². The summed E-state index contributed by atoms with van der Waals surface area (Å²) in [6.07, 6.45) is 6.98. The summed E-state index contributed by atoms with van der Waals surface area (Å²) in [4.78, 5) is 6.23. The molecule has 1 aromatic carbocycles. The fourth-order valence-corrected chi connectivity index (χ4v) is 5.98. The van der Waals surface area contributed by atoms with Crippen molar-refractivity contribution in [3.63, 3.8) is 0 Å². The Morgan fingerprint density at radius 3 is 2.57 bits per heavy atom. The molecule has 0 bridgehead atoms. The van der Waals surface area contributed by atoms with Gasteiger partial charge in [-0.2, -0.15) is 4.31 Å². The number of aryl methyl sites for hydroxylation is 1. The Bertz CT molecular complexity index is 973. The van der Waals surface area contributed by atoms with E-state index in [9.17, 15) is 13.5 Å². The Labute approximate surface area is 173 Å². The van der Waals surface area contributed by atoms with Gasteiger partial charge in [-0.1, -0.05) is 40.2 Å². The van der Waals surface area contributed by atoms with Gasteiger partial charge in [-0.15, -0.1) is 0 Å². The molecule has 4 rings (SSSR count). The smallest absolute Gasteiger partial charge is 0.277 e. The molecular formula is C19H23BrN4O3S. The van der Waals surface area contributed by atoms with Crippen LogP contribution in [-0.4, -0.2) is 70.6 Å². The number of fused-ring (bicyclic) bond motifs is 1. The quantitative estimate of drug-likeness (QED) is 0.691. The molecule has 1 N–H and O–H groups in total. The van der Waals surface area contributed by atoms with E-state index in [-0.39, 0.29) is 29.8 Å². The SMILES string of the molecule is Cn1ccnc1S(=O)(=O)N1C/C=C\CN2[C@H](CO)[C@@H](c3ccc(Br)cc3)[C@@H]2C1. The normalized spacial score (nSPS) is 27.5. The first-order valence-corrected chi connectivity index (χ1v) is 11.4. The first kappa shape index (κ1) is 19.8. The Hall–Kier alpha value is -1.52. The molecule has 150 valence electrons. The number of halogens is 1. The maximum atomic E-state index is 13.2. The number of aliphatic hydroxyl groups excluding tert-OH is 1. The minimum atomic E-state index is -3.71. The highest BCUT2D eigenvalue weighted by Gasteiger charge is 2.50. The van der Waals surface area contributed by atoms with Crippen molar-refractivity contribution in [2.24, 2.45) is 7.05 Å². The second-order valence-corrected chi connectivity index (χ2v) is 9.95. The summed E-state index contributed by atoms with van der Waals surface area (Å²) in [7, 11) is -2.03. The van der Waals surface area contributed by atoms with E-state index >= 15 is 0 Å². The van der Waals surface area contributed by atoms with Crippen LogP contribution in [0.1, 0.15) is 11.5 Å². The van der Waals surface area contributed by atoms with Gasteiger partial charge in [-0.3, -0.25) is 4.90 Å². The van der Waals surface area contributed by atoms with E-state index in [1.165, 1.54) is 15.1 Å².